The third-order valence-electron chi connectivity index (χ3n) is 12.3. The number of aliphatic carboxylic acids is 2. The Balaban J connectivity index is 1.38. The van der Waals surface area contributed by atoms with Crippen LogP contribution in [0.1, 0.15) is 49.8 Å². The number of phenolic OH excluding ortho intramolecular Hbond substituents is 1. The summed E-state index contributed by atoms with van der Waals surface area (Å²) in [7, 11) is 0. The number of para-hydroxylation sites is 1. The lowest BCUT2D eigenvalue weighted by atomic mass is 10.0. The van der Waals surface area contributed by atoms with E-state index in [-0.39, 0.29) is 38.0 Å². The van der Waals surface area contributed by atoms with Crippen molar-refractivity contribution < 1.29 is 73.5 Å². The Morgan fingerprint density at radius 1 is 0.680 bits per heavy atom. The van der Waals surface area contributed by atoms with E-state index in [9.17, 15) is 73.5 Å². The summed E-state index contributed by atoms with van der Waals surface area (Å²) in [5, 5.41) is 66.0. The number of carboxylic acids is 2. The fourth-order valence-electron chi connectivity index (χ4n) is 8.20. The summed E-state index contributed by atoms with van der Waals surface area (Å²) in [4.78, 5) is 137. The van der Waals surface area contributed by atoms with E-state index in [1.54, 1.807) is 60.8 Å². The molecule has 1 aliphatic rings. The first-order chi connectivity index (χ1) is 35.6. The average Bonchev–Trinajstić information content (AvgIpc) is 4.04. The number of nitrogens with one attached hydrogen (secondary N) is 8. The van der Waals surface area contributed by atoms with Crippen molar-refractivity contribution in [2.75, 3.05) is 19.7 Å². The molecule has 0 unspecified atom stereocenters. The molecule has 1 fully saturated rings. The first kappa shape index (κ1) is 57.5. The van der Waals surface area contributed by atoms with Gasteiger partial charge in [0.1, 0.15) is 48.0 Å². The third-order valence-corrected chi connectivity index (χ3v) is 12.3. The highest BCUT2D eigenvalue weighted by Crippen LogP contribution is 2.21. The number of fused-ring (bicyclic) bond motifs is 1. The first-order valence-electron chi connectivity index (χ1n) is 23.9. The van der Waals surface area contributed by atoms with Crippen molar-refractivity contribution in [1.82, 2.24) is 47.1 Å². The van der Waals surface area contributed by atoms with Gasteiger partial charge in [0.25, 0.3) is 0 Å². The largest absolute Gasteiger partial charge is 0.508 e. The number of nitrogens with two attached hydrogens (primary N) is 1. The van der Waals surface area contributed by atoms with Crippen LogP contribution in [0.4, 0.5) is 0 Å². The molecular weight excluding hydrogens is 981 g/mol. The van der Waals surface area contributed by atoms with Gasteiger partial charge < -0.3 is 78.4 Å². The van der Waals surface area contributed by atoms with Crippen LogP contribution in [-0.2, 0) is 67.2 Å². The molecule has 0 bridgehead atoms. The van der Waals surface area contributed by atoms with Gasteiger partial charge in [-0.3, -0.25) is 43.2 Å². The number of carbonyl (C=O) groups is 10. The number of aliphatic hydroxyl groups is 2. The maximum absolute atomic E-state index is 14.6. The number of carbonyl (C=O) groups excluding carboxylic acids is 8. The van der Waals surface area contributed by atoms with Gasteiger partial charge in [-0.2, -0.15) is 0 Å². The second-order valence-electron chi connectivity index (χ2n) is 18.0. The Labute approximate surface area is 429 Å². The van der Waals surface area contributed by atoms with Gasteiger partial charge in [0, 0.05) is 42.9 Å². The van der Waals surface area contributed by atoms with Gasteiger partial charge in [0.2, 0.25) is 47.3 Å². The number of H-pyrrole nitrogens is 1. The molecule has 0 aliphatic carbocycles. The molecule has 4 aromatic rings. The molecule has 25 nitrogen and oxygen atoms in total. The second-order valence-corrected chi connectivity index (χ2v) is 18.0. The zero-order valence-electron chi connectivity index (χ0n) is 41.0. The van der Waals surface area contributed by atoms with Gasteiger partial charge in [-0.15, -0.1) is 0 Å². The SMILES string of the molecule is C[C@H](NC(=O)[C@H](Cc1ccc(O)cc1)NC(=O)[C@@H]1CCCN1C(=O)CNC(=O)[C@@H](N)CO)C(=O)N[C@@H](Cc1c[nH]c2ccccc12)C(=O)N[C@@H](Cc1ccccc1)C(=O)N[C@@H](CC(=O)O)C(=O)N[C@H](C(=O)O)[C@@H](C)O. The van der Waals surface area contributed by atoms with Crippen molar-refractivity contribution in [3.05, 3.63) is 102 Å². The van der Waals surface area contributed by atoms with Crippen LogP contribution in [-0.4, -0.2) is 169 Å². The van der Waals surface area contributed by atoms with Crippen molar-refractivity contribution in [2.45, 2.75) is 107 Å². The zero-order chi connectivity index (χ0) is 54.9. The smallest absolute Gasteiger partial charge is 0.328 e. The molecule has 1 aliphatic heterocycles. The monoisotopic (exact) mass is 1040 g/mol. The number of amides is 8. The predicted octanol–water partition coefficient (Wildman–Crippen LogP) is -2.80. The molecule has 1 saturated heterocycles. The Bertz CT molecular complexity index is 2700. The maximum atomic E-state index is 14.6. The predicted molar refractivity (Wildman–Crippen MR) is 266 cm³/mol. The molecule has 0 spiro atoms. The number of carboxylic acid groups (broad SMARTS) is 2. The molecule has 0 saturated carbocycles. The van der Waals surface area contributed by atoms with Crippen LogP contribution in [0.5, 0.6) is 5.75 Å². The Kier molecular flexibility index (Phi) is 20.7. The fourth-order valence-corrected chi connectivity index (χ4v) is 8.20. The highest BCUT2D eigenvalue weighted by Gasteiger charge is 2.38. The van der Waals surface area contributed by atoms with E-state index >= 15 is 0 Å². The molecule has 0 radical (unpaired) electrons. The normalized spacial score (nSPS) is 16.3. The highest BCUT2D eigenvalue weighted by molar-refractivity contribution is 5.99. The van der Waals surface area contributed by atoms with Crippen LogP contribution in [0, 0.1) is 0 Å². The summed E-state index contributed by atoms with van der Waals surface area (Å²) in [6.07, 6.45) is -1.01. The molecule has 5 rings (SSSR count). The number of likely N-dealkylation sites (tertiary alicyclic amines) is 1. The quantitative estimate of drug-likeness (QED) is 0.0302. The van der Waals surface area contributed by atoms with Crippen molar-refractivity contribution in [1.29, 1.82) is 0 Å². The van der Waals surface area contributed by atoms with E-state index in [4.69, 9.17) is 5.73 Å². The minimum atomic E-state index is -1.89. The molecule has 75 heavy (non-hydrogen) atoms. The molecule has 402 valence electrons. The Morgan fingerprint density at radius 2 is 1.24 bits per heavy atom. The zero-order valence-corrected chi connectivity index (χ0v) is 41.0. The van der Waals surface area contributed by atoms with Crippen LogP contribution in [0.15, 0.2) is 85.1 Å². The number of aromatic amines is 1. The maximum Gasteiger partial charge on any atom is 0.328 e. The first-order valence-corrected chi connectivity index (χ1v) is 23.9. The number of phenols is 1. The minimum Gasteiger partial charge on any atom is -0.508 e. The summed E-state index contributed by atoms with van der Waals surface area (Å²) in [5.41, 5.74) is 7.74. The fraction of sp³-hybridized carbons (Fsp3) is 0.400. The second kappa shape index (κ2) is 27.0. The standard InChI is InChI=1S/C50H62N10O15/c1-26(54-45(69)35(20-29-14-16-31(63)17-15-29)58-49(73)39-13-8-18-60(39)40(64)24-53-44(68)33(51)25-61)43(67)55-37(21-30-23-52-34-12-7-6-11-32(30)34)47(71)56-36(19-28-9-4-3-5-10-28)46(70)57-38(22-41(65)66)48(72)59-42(27(2)62)50(74)75/h3-7,9-12,14-17,23,26-27,33,35-39,42,52,61-63H,8,13,18-22,24-25,51H2,1-2H3,(H,53,68)(H,54,69)(H,55,67)(H,56,71)(H,57,70)(H,58,73)(H,59,72)(H,65,66)(H,74,75)/t26-,27+,33-,35-,36-,37-,38-,39-,42-/m0/s1. The van der Waals surface area contributed by atoms with Crippen LogP contribution in [0.25, 0.3) is 10.9 Å². The number of aromatic nitrogens is 1. The van der Waals surface area contributed by atoms with Crippen LogP contribution in [0.3, 0.4) is 0 Å². The van der Waals surface area contributed by atoms with Gasteiger partial charge >= 0.3 is 11.9 Å². The van der Waals surface area contributed by atoms with Gasteiger partial charge in [-0.05, 0) is 61.6 Å². The number of aromatic hydroxyl groups is 1. The van der Waals surface area contributed by atoms with Gasteiger partial charge in [-0.1, -0.05) is 60.7 Å². The van der Waals surface area contributed by atoms with Crippen molar-refractivity contribution in [2.24, 2.45) is 5.73 Å². The Morgan fingerprint density at radius 3 is 1.87 bits per heavy atom. The van der Waals surface area contributed by atoms with Crippen molar-refractivity contribution in [3.8, 4) is 5.75 Å². The lowest BCUT2D eigenvalue weighted by Crippen LogP contribution is -2.60. The van der Waals surface area contributed by atoms with Crippen molar-refractivity contribution in [3.63, 3.8) is 0 Å². The van der Waals surface area contributed by atoms with E-state index in [2.05, 4.69) is 36.9 Å². The van der Waals surface area contributed by atoms with Crippen molar-refractivity contribution >= 4 is 70.1 Å². The number of rotatable bonds is 26. The molecule has 15 N–H and O–H groups in total. The Hall–Kier alpha value is -8.42. The molecule has 25 heteroatoms. The summed E-state index contributed by atoms with van der Waals surface area (Å²) >= 11 is 0. The summed E-state index contributed by atoms with van der Waals surface area (Å²) in [5.74, 6) is -10.4. The van der Waals surface area contributed by atoms with Gasteiger partial charge in [-0.25, -0.2) is 4.79 Å². The molecule has 1 aromatic heterocycles. The number of nitrogens with zero attached hydrogens (tertiary/aromatic N) is 1. The van der Waals surface area contributed by atoms with E-state index in [1.807, 2.05) is 5.32 Å². The summed E-state index contributed by atoms with van der Waals surface area (Å²) in [6.45, 7) is 1.36. The van der Waals surface area contributed by atoms with E-state index < -0.39 is 133 Å². The summed E-state index contributed by atoms with van der Waals surface area (Å²) in [6, 6.07) is 9.13. The van der Waals surface area contributed by atoms with E-state index in [0.717, 1.165) is 6.92 Å². The lowest BCUT2D eigenvalue weighted by Gasteiger charge is -2.28. The molecule has 3 aromatic carbocycles. The van der Waals surface area contributed by atoms with Crippen LogP contribution < -0.4 is 43.0 Å². The van der Waals surface area contributed by atoms with E-state index in [1.165, 1.54) is 36.1 Å². The van der Waals surface area contributed by atoms with Gasteiger partial charge in [0.15, 0.2) is 6.04 Å². The van der Waals surface area contributed by atoms with Crippen LogP contribution >= 0.6 is 0 Å². The topological polar surface area (TPSA) is 401 Å². The van der Waals surface area contributed by atoms with E-state index in [0.29, 0.717) is 34.0 Å². The summed E-state index contributed by atoms with van der Waals surface area (Å²) < 4.78 is 0. The third kappa shape index (κ3) is 16.5. The molecular formula is C50H62N10O15. The minimum absolute atomic E-state index is 0.0751. The van der Waals surface area contributed by atoms with Crippen LogP contribution in [0.2, 0.25) is 0 Å². The molecule has 8 amide bonds. The lowest BCUT2D eigenvalue weighted by molar-refractivity contribution is -0.146. The average molecular weight is 1040 g/mol. The number of hydrogen-bond acceptors (Lipinski definition) is 14. The molecule has 9 atom stereocenters. The number of aliphatic hydroxyl groups excluding tert-OH is 2. The number of hydrogen-bond donors (Lipinski definition) is 14. The number of benzene rings is 3. The molecule has 2 heterocycles. The highest BCUT2D eigenvalue weighted by atomic mass is 16.4. The van der Waals surface area contributed by atoms with Gasteiger partial charge in [0.05, 0.1) is 25.7 Å².